The normalized spacial score (nSPS) is 12.0. The molecule has 0 saturated carbocycles. The number of halogens is 1. The molecule has 2 aromatic rings. The molecule has 0 aliphatic carbocycles. The van der Waals surface area contributed by atoms with Crippen LogP contribution in [0.15, 0.2) is 42.5 Å². The maximum atomic E-state index is 6.14. The Labute approximate surface area is 130 Å². The molecule has 0 aliphatic heterocycles. The maximum Gasteiger partial charge on any atom is 0.124 e. The predicted molar refractivity (Wildman–Crippen MR) is 86.5 cm³/mol. The molecule has 1 atom stereocenters. The number of rotatable bonds is 6. The second kappa shape index (κ2) is 7.34. The molecule has 21 heavy (non-hydrogen) atoms. The van der Waals surface area contributed by atoms with Crippen molar-refractivity contribution in [2.75, 3.05) is 20.8 Å². The number of nitrogens with one attached hydrogen (secondary N) is 1. The third-order valence-corrected chi connectivity index (χ3v) is 3.53. The fourth-order valence-corrected chi connectivity index (χ4v) is 2.56. The van der Waals surface area contributed by atoms with Crippen LogP contribution in [0.2, 0.25) is 5.02 Å². The van der Waals surface area contributed by atoms with Crippen molar-refractivity contribution in [2.24, 2.45) is 0 Å². The van der Waals surface area contributed by atoms with Crippen LogP contribution in [0.5, 0.6) is 11.5 Å². The molecule has 0 amide bonds. The second-order valence-corrected chi connectivity index (χ2v) is 5.05. The van der Waals surface area contributed by atoms with Crippen LogP contribution in [-0.2, 0) is 0 Å². The summed E-state index contributed by atoms with van der Waals surface area (Å²) >= 11 is 6.14. The van der Waals surface area contributed by atoms with E-state index < -0.39 is 0 Å². The highest BCUT2D eigenvalue weighted by molar-refractivity contribution is 6.30. The Morgan fingerprint density at radius 3 is 2.67 bits per heavy atom. The largest absolute Gasteiger partial charge is 0.496 e. The van der Waals surface area contributed by atoms with Gasteiger partial charge in [0.1, 0.15) is 11.5 Å². The average Bonchev–Trinajstić information content (AvgIpc) is 2.49. The summed E-state index contributed by atoms with van der Waals surface area (Å²) in [4.78, 5) is 0. The van der Waals surface area contributed by atoms with Crippen molar-refractivity contribution in [3.8, 4) is 11.5 Å². The van der Waals surface area contributed by atoms with E-state index in [9.17, 15) is 0 Å². The van der Waals surface area contributed by atoms with Gasteiger partial charge in [0.15, 0.2) is 0 Å². The molecule has 0 aromatic heterocycles. The number of benzene rings is 2. The lowest BCUT2D eigenvalue weighted by Gasteiger charge is -2.20. The van der Waals surface area contributed by atoms with Gasteiger partial charge in [0.2, 0.25) is 0 Å². The smallest absolute Gasteiger partial charge is 0.124 e. The van der Waals surface area contributed by atoms with Gasteiger partial charge < -0.3 is 14.8 Å². The molecule has 0 bridgehead atoms. The van der Waals surface area contributed by atoms with Crippen molar-refractivity contribution in [1.82, 2.24) is 5.32 Å². The van der Waals surface area contributed by atoms with Crippen LogP contribution in [0.1, 0.15) is 24.1 Å². The first-order valence-electron chi connectivity index (χ1n) is 6.93. The second-order valence-electron chi connectivity index (χ2n) is 4.61. The zero-order valence-corrected chi connectivity index (χ0v) is 13.3. The zero-order valence-electron chi connectivity index (χ0n) is 12.5. The molecule has 2 aromatic carbocycles. The lowest BCUT2D eigenvalue weighted by atomic mass is 9.97. The molecule has 3 nitrogen and oxygen atoms in total. The van der Waals surface area contributed by atoms with Crippen LogP contribution in [0.4, 0.5) is 0 Å². The first kappa shape index (κ1) is 15.7. The highest BCUT2D eigenvalue weighted by Crippen LogP contribution is 2.33. The minimum Gasteiger partial charge on any atom is -0.496 e. The molecule has 0 radical (unpaired) electrons. The van der Waals surface area contributed by atoms with E-state index in [2.05, 4.69) is 11.4 Å². The van der Waals surface area contributed by atoms with Crippen LogP contribution >= 0.6 is 11.6 Å². The van der Waals surface area contributed by atoms with Gasteiger partial charge in [-0.05, 0) is 49.9 Å². The maximum absolute atomic E-state index is 6.14. The van der Waals surface area contributed by atoms with Crippen molar-refractivity contribution < 1.29 is 9.47 Å². The van der Waals surface area contributed by atoms with Crippen molar-refractivity contribution in [2.45, 2.75) is 13.0 Å². The molecular formula is C17H20ClNO2. The molecule has 1 unspecified atom stereocenters. The number of hydrogen-bond donors (Lipinski definition) is 1. The molecule has 2 rings (SSSR count). The predicted octanol–water partition coefficient (Wildman–Crippen LogP) is 4.06. The van der Waals surface area contributed by atoms with Crippen LogP contribution in [0, 0.1) is 0 Å². The Bertz CT molecular complexity index is 601. The van der Waals surface area contributed by atoms with Crippen molar-refractivity contribution in [1.29, 1.82) is 0 Å². The van der Waals surface area contributed by atoms with Crippen molar-refractivity contribution in [3.63, 3.8) is 0 Å². The Kier molecular flexibility index (Phi) is 5.48. The van der Waals surface area contributed by atoms with E-state index in [0.717, 1.165) is 22.6 Å². The highest BCUT2D eigenvalue weighted by Gasteiger charge is 2.17. The summed E-state index contributed by atoms with van der Waals surface area (Å²) < 4.78 is 11.0. The quantitative estimate of drug-likeness (QED) is 0.873. The lowest BCUT2D eigenvalue weighted by molar-refractivity contribution is 0.339. The zero-order chi connectivity index (χ0) is 15.2. The number of methoxy groups -OCH3 is 1. The summed E-state index contributed by atoms with van der Waals surface area (Å²) in [7, 11) is 3.58. The number of ether oxygens (including phenoxy) is 2. The first-order valence-corrected chi connectivity index (χ1v) is 7.30. The Hall–Kier alpha value is -1.71. The molecule has 0 saturated heterocycles. The van der Waals surface area contributed by atoms with Crippen LogP contribution in [-0.4, -0.2) is 20.8 Å². The van der Waals surface area contributed by atoms with Gasteiger partial charge in [-0.25, -0.2) is 0 Å². The summed E-state index contributed by atoms with van der Waals surface area (Å²) in [5.74, 6) is 1.66. The van der Waals surface area contributed by atoms with Gasteiger partial charge in [0.25, 0.3) is 0 Å². The Balaban J connectivity index is 2.44. The van der Waals surface area contributed by atoms with Crippen LogP contribution in [0.3, 0.4) is 0 Å². The highest BCUT2D eigenvalue weighted by atomic mass is 35.5. The molecule has 112 valence electrons. The van der Waals surface area contributed by atoms with Crippen LogP contribution in [0.25, 0.3) is 0 Å². The summed E-state index contributed by atoms with van der Waals surface area (Å²) in [5, 5.41) is 4.00. The monoisotopic (exact) mass is 305 g/mol. The summed E-state index contributed by atoms with van der Waals surface area (Å²) in [6.45, 7) is 2.62. The molecule has 0 spiro atoms. The Morgan fingerprint density at radius 2 is 2.00 bits per heavy atom. The topological polar surface area (TPSA) is 30.5 Å². The molecule has 1 N–H and O–H groups in total. The van der Waals surface area contributed by atoms with Crippen molar-refractivity contribution >= 4 is 11.6 Å². The standard InChI is InChI=1S/C17H20ClNO2/c1-4-21-14-7-5-6-12(10-14)17(19-2)15-11-13(18)8-9-16(15)20-3/h5-11,17,19H,4H2,1-3H3. The summed E-state index contributed by atoms with van der Waals surface area (Å²) in [6.07, 6.45) is 0. The van der Waals surface area contributed by atoms with Gasteiger partial charge in [0.05, 0.1) is 19.8 Å². The van der Waals surface area contributed by atoms with Gasteiger partial charge in [-0.3, -0.25) is 0 Å². The van der Waals surface area contributed by atoms with E-state index in [1.54, 1.807) is 7.11 Å². The molecule has 0 aliphatic rings. The average molecular weight is 306 g/mol. The van der Waals surface area contributed by atoms with E-state index in [1.807, 2.05) is 50.4 Å². The number of hydrogen-bond acceptors (Lipinski definition) is 3. The van der Waals surface area contributed by atoms with Gasteiger partial charge in [-0.15, -0.1) is 0 Å². The minimum absolute atomic E-state index is 0.0148. The van der Waals surface area contributed by atoms with Gasteiger partial charge in [-0.2, -0.15) is 0 Å². The Morgan fingerprint density at radius 1 is 1.19 bits per heavy atom. The van der Waals surface area contributed by atoms with Gasteiger partial charge in [0, 0.05) is 10.6 Å². The van der Waals surface area contributed by atoms with Gasteiger partial charge in [-0.1, -0.05) is 23.7 Å². The summed E-state index contributed by atoms with van der Waals surface area (Å²) in [5.41, 5.74) is 2.10. The van der Waals surface area contributed by atoms with E-state index in [0.29, 0.717) is 11.6 Å². The van der Waals surface area contributed by atoms with E-state index in [-0.39, 0.29) is 6.04 Å². The molecule has 0 heterocycles. The van der Waals surface area contributed by atoms with Gasteiger partial charge >= 0.3 is 0 Å². The van der Waals surface area contributed by atoms with E-state index in [1.165, 1.54) is 0 Å². The minimum atomic E-state index is -0.0148. The lowest BCUT2D eigenvalue weighted by Crippen LogP contribution is -2.18. The van der Waals surface area contributed by atoms with E-state index in [4.69, 9.17) is 21.1 Å². The third kappa shape index (κ3) is 3.69. The third-order valence-electron chi connectivity index (χ3n) is 3.29. The van der Waals surface area contributed by atoms with Crippen molar-refractivity contribution in [3.05, 3.63) is 58.6 Å². The fraction of sp³-hybridized carbons (Fsp3) is 0.294. The molecule has 0 fully saturated rings. The molecular weight excluding hydrogens is 286 g/mol. The molecule has 4 heteroatoms. The summed E-state index contributed by atoms with van der Waals surface area (Å²) in [6, 6.07) is 13.7. The fourth-order valence-electron chi connectivity index (χ4n) is 2.38. The van der Waals surface area contributed by atoms with Crippen LogP contribution < -0.4 is 14.8 Å². The SMILES string of the molecule is CCOc1cccc(C(NC)c2cc(Cl)ccc2OC)c1. The first-order chi connectivity index (χ1) is 10.2. The van der Waals surface area contributed by atoms with E-state index >= 15 is 0 Å².